The van der Waals surface area contributed by atoms with Crippen LogP contribution in [0.1, 0.15) is 6.92 Å². The molecule has 2 rings (SSSR count). The Morgan fingerprint density at radius 1 is 1.29 bits per heavy atom. The lowest BCUT2D eigenvalue weighted by molar-refractivity contribution is 0.312. The molecule has 1 aromatic rings. The zero-order valence-corrected chi connectivity index (χ0v) is 10.5. The zero-order valence-electron chi connectivity index (χ0n) is 10.5. The predicted octanol–water partition coefficient (Wildman–Crippen LogP) is 0.242. The van der Waals surface area contributed by atoms with Gasteiger partial charge in [0.25, 0.3) is 0 Å². The molecule has 2 heterocycles. The van der Waals surface area contributed by atoms with E-state index < -0.39 is 0 Å². The van der Waals surface area contributed by atoms with Crippen molar-refractivity contribution >= 4 is 17.3 Å². The first-order valence-corrected chi connectivity index (χ1v) is 6.00. The highest BCUT2D eigenvalue weighted by atomic mass is 15.3. The van der Waals surface area contributed by atoms with Crippen molar-refractivity contribution in [1.82, 2.24) is 14.9 Å². The van der Waals surface area contributed by atoms with E-state index in [0.29, 0.717) is 5.69 Å². The first-order chi connectivity index (χ1) is 8.22. The van der Waals surface area contributed by atoms with Gasteiger partial charge in [-0.3, -0.25) is 0 Å². The quantitative estimate of drug-likeness (QED) is 0.783. The number of aromatic nitrogens is 2. The molecule has 1 aliphatic heterocycles. The second-order valence-electron chi connectivity index (χ2n) is 4.28. The molecule has 1 fully saturated rings. The summed E-state index contributed by atoms with van der Waals surface area (Å²) >= 11 is 0. The van der Waals surface area contributed by atoms with Crippen LogP contribution in [0.15, 0.2) is 6.33 Å². The number of likely N-dealkylation sites (N-methyl/N-ethyl adjacent to an activating group) is 1. The first kappa shape index (κ1) is 11.9. The van der Waals surface area contributed by atoms with Crippen molar-refractivity contribution in [2.45, 2.75) is 6.92 Å². The summed E-state index contributed by atoms with van der Waals surface area (Å²) in [6.45, 7) is 6.84. The third-order valence-electron chi connectivity index (χ3n) is 3.01. The van der Waals surface area contributed by atoms with Crippen LogP contribution in [-0.4, -0.2) is 54.6 Å². The van der Waals surface area contributed by atoms with Gasteiger partial charge in [-0.25, -0.2) is 9.97 Å². The Hall–Kier alpha value is -1.56. The van der Waals surface area contributed by atoms with Gasteiger partial charge in [-0.05, 0) is 14.0 Å². The molecule has 0 amide bonds. The van der Waals surface area contributed by atoms with Crippen LogP contribution in [0, 0.1) is 0 Å². The Morgan fingerprint density at radius 2 is 2.00 bits per heavy atom. The lowest BCUT2D eigenvalue weighted by Gasteiger charge is -2.33. The second kappa shape index (κ2) is 5.18. The molecule has 94 valence electrons. The minimum Gasteiger partial charge on any atom is -0.393 e. The number of nitrogens with two attached hydrogens (primary N) is 1. The second-order valence-corrected chi connectivity index (χ2v) is 4.28. The van der Waals surface area contributed by atoms with Crippen molar-refractivity contribution in [3.05, 3.63) is 6.33 Å². The molecule has 1 saturated heterocycles. The van der Waals surface area contributed by atoms with E-state index in [9.17, 15) is 0 Å². The van der Waals surface area contributed by atoms with Gasteiger partial charge in [0.05, 0.1) is 0 Å². The average Bonchev–Trinajstić information content (AvgIpc) is 2.34. The van der Waals surface area contributed by atoms with E-state index in [1.54, 1.807) is 6.33 Å². The van der Waals surface area contributed by atoms with Crippen LogP contribution in [0.5, 0.6) is 0 Å². The van der Waals surface area contributed by atoms with Crippen molar-refractivity contribution in [3.8, 4) is 0 Å². The summed E-state index contributed by atoms with van der Waals surface area (Å²) in [5, 5.41) is 3.15. The van der Waals surface area contributed by atoms with Gasteiger partial charge in [0.1, 0.15) is 12.0 Å². The van der Waals surface area contributed by atoms with E-state index in [1.807, 2.05) is 6.92 Å². The van der Waals surface area contributed by atoms with Crippen LogP contribution >= 0.6 is 0 Å². The number of hydrogen-bond donors (Lipinski definition) is 2. The number of anilines is 3. The van der Waals surface area contributed by atoms with E-state index in [1.165, 1.54) is 0 Å². The summed E-state index contributed by atoms with van der Waals surface area (Å²) < 4.78 is 0. The fourth-order valence-corrected chi connectivity index (χ4v) is 1.96. The van der Waals surface area contributed by atoms with Crippen LogP contribution in [-0.2, 0) is 0 Å². The van der Waals surface area contributed by atoms with Gasteiger partial charge < -0.3 is 20.9 Å². The Kier molecular flexibility index (Phi) is 3.63. The highest BCUT2D eigenvalue weighted by molar-refractivity contribution is 5.74. The molecule has 3 N–H and O–H groups in total. The van der Waals surface area contributed by atoms with Gasteiger partial charge in [-0.1, -0.05) is 0 Å². The third kappa shape index (κ3) is 2.58. The van der Waals surface area contributed by atoms with E-state index in [2.05, 4.69) is 32.1 Å². The third-order valence-corrected chi connectivity index (χ3v) is 3.01. The van der Waals surface area contributed by atoms with Crippen molar-refractivity contribution in [1.29, 1.82) is 0 Å². The van der Waals surface area contributed by atoms with Crippen molar-refractivity contribution < 1.29 is 0 Å². The maximum atomic E-state index is 6.09. The van der Waals surface area contributed by atoms with Gasteiger partial charge in [-0.2, -0.15) is 0 Å². The maximum Gasteiger partial charge on any atom is 0.157 e. The molecule has 1 aromatic heterocycles. The molecule has 6 heteroatoms. The molecule has 0 aromatic carbocycles. The standard InChI is InChI=1S/C11H20N6/c1-3-13-10-9(12)11(15-8-14-10)17-6-4-16(2)5-7-17/h8H,3-7,12H2,1-2H3,(H,13,14,15). The molecule has 6 nitrogen and oxygen atoms in total. The van der Waals surface area contributed by atoms with Gasteiger partial charge in [0, 0.05) is 32.7 Å². The molecule has 0 unspecified atom stereocenters. The average molecular weight is 236 g/mol. The number of nitrogens with zero attached hydrogens (tertiary/aromatic N) is 4. The summed E-state index contributed by atoms with van der Waals surface area (Å²) in [4.78, 5) is 13.0. The Balaban J connectivity index is 2.17. The summed E-state index contributed by atoms with van der Waals surface area (Å²) in [6, 6.07) is 0. The topological polar surface area (TPSA) is 70.3 Å². The van der Waals surface area contributed by atoms with E-state index in [4.69, 9.17) is 5.73 Å². The monoisotopic (exact) mass is 236 g/mol. The van der Waals surface area contributed by atoms with Crippen molar-refractivity contribution in [2.24, 2.45) is 0 Å². The predicted molar refractivity (Wildman–Crippen MR) is 70.3 cm³/mol. The number of hydrogen-bond acceptors (Lipinski definition) is 6. The molecule has 0 saturated carbocycles. The summed E-state index contributed by atoms with van der Waals surface area (Å²) in [6.07, 6.45) is 1.57. The molecule has 17 heavy (non-hydrogen) atoms. The minimum absolute atomic E-state index is 0.652. The van der Waals surface area contributed by atoms with Crippen LogP contribution in [0.25, 0.3) is 0 Å². The smallest absolute Gasteiger partial charge is 0.157 e. The van der Waals surface area contributed by atoms with E-state index in [-0.39, 0.29) is 0 Å². The van der Waals surface area contributed by atoms with Gasteiger partial charge >= 0.3 is 0 Å². The first-order valence-electron chi connectivity index (χ1n) is 6.00. The van der Waals surface area contributed by atoms with Gasteiger partial charge in [0.15, 0.2) is 11.6 Å². The van der Waals surface area contributed by atoms with Crippen LogP contribution in [0.4, 0.5) is 17.3 Å². The normalized spacial score (nSPS) is 17.2. The molecular formula is C11H20N6. The largest absolute Gasteiger partial charge is 0.393 e. The lowest BCUT2D eigenvalue weighted by atomic mass is 10.3. The molecule has 0 atom stereocenters. The number of nitrogens with one attached hydrogen (secondary N) is 1. The van der Waals surface area contributed by atoms with E-state index >= 15 is 0 Å². The van der Waals surface area contributed by atoms with Crippen LogP contribution in [0.3, 0.4) is 0 Å². The van der Waals surface area contributed by atoms with Crippen LogP contribution in [0.2, 0.25) is 0 Å². The van der Waals surface area contributed by atoms with Crippen molar-refractivity contribution in [3.63, 3.8) is 0 Å². The van der Waals surface area contributed by atoms with Crippen molar-refractivity contribution in [2.75, 3.05) is 55.7 Å². The maximum absolute atomic E-state index is 6.09. The van der Waals surface area contributed by atoms with Crippen LogP contribution < -0.4 is 16.0 Å². The fraction of sp³-hybridized carbons (Fsp3) is 0.636. The molecule has 0 aliphatic carbocycles. The Morgan fingerprint density at radius 3 is 2.65 bits per heavy atom. The fourth-order valence-electron chi connectivity index (χ4n) is 1.96. The highest BCUT2D eigenvalue weighted by Gasteiger charge is 2.19. The molecule has 0 radical (unpaired) electrons. The molecular weight excluding hydrogens is 216 g/mol. The Bertz CT molecular complexity index is 372. The summed E-state index contributed by atoms with van der Waals surface area (Å²) in [5.41, 5.74) is 6.74. The molecule has 1 aliphatic rings. The Labute approximate surface area is 102 Å². The molecule has 0 bridgehead atoms. The lowest BCUT2D eigenvalue weighted by Crippen LogP contribution is -2.45. The molecule has 0 spiro atoms. The summed E-state index contributed by atoms with van der Waals surface area (Å²) in [5.74, 6) is 1.58. The minimum atomic E-state index is 0.652. The van der Waals surface area contributed by atoms with Gasteiger partial charge in [-0.15, -0.1) is 0 Å². The SMILES string of the molecule is CCNc1ncnc(N2CCN(C)CC2)c1N. The number of rotatable bonds is 3. The number of piperazine rings is 1. The van der Waals surface area contributed by atoms with E-state index in [0.717, 1.165) is 44.4 Å². The summed E-state index contributed by atoms with van der Waals surface area (Å²) in [7, 11) is 2.13. The van der Waals surface area contributed by atoms with Gasteiger partial charge in [0.2, 0.25) is 0 Å². The highest BCUT2D eigenvalue weighted by Crippen LogP contribution is 2.26. The zero-order chi connectivity index (χ0) is 12.3. The number of nitrogen functional groups attached to an aromatic ring is 1.